The average Bonchev–Trinajstić information content (AvgIpc) is 2.92. The van der Waals surface area contributed by atoms with Crippen LogP contribution in [0.15, 0.2) is 73.8 Å². The number of allylic oxidation sites excluding steroid dienone is 2. The largest absolute Gasteiger partial charge is 0.357 e. The van der Waals surface area contributed by atoms with Crippen molar-refractivity contribution in [3.63, 3.8) is 0 Å². The van der Waals surface area contributed by atoms with Gasteiger partial charge in [-0.15, -0.1) is 13.2 Å². The maximum Gasteiger partial charge on any atom is 0.223 e. The maximum atomic E-state index is 13.1. The van der Waals surface area contributed by atoms with Crippen molar-refractivity contribution in [2.24, 2.45) is 11.8 Å². The number of hydrogen-bond acceptors (Lipinski definition) is 5. The smallest absolute Gasteiger partial charge is 0.223 e. The number of anilines is 1. The number of hydrogen-bond donors (Lipinski definition) is 1. The molecule has 1 aromatic heterocycles. The highest BCUT2D eigenvalue weighted by Gasteiger charge is 2.28. The van der Waals surface area contributed by atoms with Crippen LogP contribution < -0.4 is 5.32 Å². The van der Waals surface area contributed by atoms with E-state index in [0.717, 1.165) is 22.5 Å². The van der Waals surface area contributed by atoms with Crippen LogP contribution in [0.3, 0.4) is 0 Å². The summed E-state index contributed by atoms with van der Waals surface area (Å²) in [4.78, 5) is 33.3. The zero-order valence-electron chi connectivity index (χ0n) is 23.3. The molecule has 1 N–H and O–H groups in total. The van der Waals surface area contributed by atoms with Crippen molar-refractivity contribution >= 4 is 17.5 Å². The molecule has 0 saturated carbocycles. The number of carbonyl (C=O) groups excluding carboxylic acids is 2. The van der Waals surface area contributed by atoms with Crippen LogP contribution >= 0.6 is 0 Å². The number of ketones is 2. The highest BCUT2D eigenvalue weighted by molar-refractivity contribution is 6.11. The fraction of sp³-hybridized carbons (Fsp3) is 0.312. The standard InChI is InChI=1S/C17H20FN3.C15H17FO2/c1-5-6-14-15(11(2)3)20-17(19-4)21-16(14)12-7-9-13(18)10-8-12;1-4-5-13(14(17)10(2)3)15(18)11-6-8-12(16)9-7-11/h5,7-11H,1,6H2,2-4H3,(H,19,20,21);4,6-10,13H,1,5H2,2-3H3. The van der Waals surface area contributed by atoms with Gasteiger partial charge in [0.25, 0.3) is 0 Å². The Labute approximate surface area is 230 Å². The van der Waals surface area contributed by atoms with Crippen LogP contribution in [0, 0.1) is 23.5 Å². The number of rotatable bonds is 11. The Balaban J connectivity index is 0.000000277. The summed E-state index contributed by atoms with van der Waals surface area (Å²) in [5, 5.41) is 2.99. The van der Waals surface area contributed by atoms with Crippen molar-refractivity contribution in [1.29, 1.82) is 0 Å². The Morgan fingerprint density at radius 2 is 1.46 bits per heavy atom. The first-order valence-electron chi connectivity index (χ1n) is 12.9. The Bertz CT molecular complexity index is 1280. The van der Waals surface area contributed by atoms with Crippen LogP contribution in [0.4, 0.5) is 14.7 Å². The average molecular weight is 534 g/mol. The number of nitrogens with one attached hydrogen (secondary N) is 1. The lowest BCUT2D eigenvalue weighted by molar-refractivity contribution is -0.124. The van der Waals surface area contributed by atoms with E-state index in [1.165, 1.54) is 36.4 Å². The summed E-state index contributed by atoms with van der Waals surface area (Å²) in [5.41, 5.74) is 4.11. The zero-order chi connectivity index (χ0) is 29.1. The third kappa shape index (κ3) is 8.50. The number of benzene rings is 2. The minimum Gasteiger partial charge on any atom is -0.357 e. The quantitative estimate of drug-likeness (QED) is 0.156. The van der Waals surface area contributed by atoms with Gasteiger partial charge in [-0.2, -0.15) is 0 Å². The van der Waals surface area contributed by atoms with Crippen molar-refractivity contribution in [2.75, 3.05) is 12.4 Å². The molecule has 3 rings (SSSR count). The van der Waals surface area contributed by atoms with Crippen molar-refractivity contribution < 1.29 is 18.4 Å². The van der Waals surface area contributed by atoms with E-state index in [4.69, 9.17) is 0 Å². The van der Waals surface area contributed by atoms with Crippen molar-refractivity contribution in [1.82, 2.24) is 9.97 Å². The predicted octanol–water partition coefficient (Wildman–Crippen LogP) is 7.60. The number of nitrogens with zero attached hydrogens (tertiary/aromatic N) is 2. The van der Waals surface area contributed by atoms with E-state index < -0.39 is 11.7 Å². The molecule has 206 valence electrons. The topological polar surface area (TPSA) is 72.0 Å². The molecular weight excluding hydrogens is 496 g/mol. The van der Waals surface area contributed by atoms with E-state index >= 15 is 0 Å². The van der Waals surface area contributed by atoms with Crippen LogP contribution in [0.2, 0.25) is 0 Å². The Morgan fingerprint density at radius 3 is 1.92 bits per heavy atom. The number of carbonyl (C=O) groups is 2. The van der Waals surface area contributed by atoms with Gasteiger partial charge < -0.3 is 5.32 Å². The van der Waals surface area contributed by atoms with Crippen LogP contribution in [-0.2, 0) is 11.2 Å². The lowest BCUT2D eigenvalue weighted by atomic mass is 9.86. The van der Waals surface area contributed by atoms with E-state index in [-0.39, 0.29) is 29.2 Å². The van der Waals surface area contributed by atoms with Gasteiger partial charge in [-0.05, 0) is 67.3 Å². The molecule has 0 aliphatic carbocycles. The molecule has 1 unspecified atom stereocenters. The second-order valence-electron chi connectivity index (χ2n) is 9.67. The van der Waals surface area contributed by atoms with Crippen molar-refractivity contribution in [3.05, 3.63) is 102 Å². The molecule has 3 aromatic rings. The fourth-order valence-corrected chi connectivity index (χ4v) is 4.02. The summed E-state index contributed by atoms with van der Waals surface area (Å²) in [6, 6.07) is 11.6. The molecule has 39 heavy (non-hydrogen) atoms. The van der Waals surface area contributed by atoms with Crippen LogP contribution in [0.5, 0.6) is 0 Å². The van der Waals surface area contributed by atoms with Gasteiger partial charge in [-0.1, -0.05) is 39.8 Å². The molecular formula is C32H37F2N3O2. The second-order valence-corrected chi connectivity index (χ2v) is 9.67. The number of halogens is 2. The Hall–Kier alpha value is -4.00. The van der Waals surface area contributed by atoms with Gasteiger partial charge in [0.1, 0.15) is 17.4 Å². The molecule has 5 nitrogen and oxygen atoms in total. The molecule has 1 heterocycles. The second kappa shape index (κ2) is 14.8. The van der Waals surface area contributed by atoms with Crippen LogP contribution in [-0.4, -0.2) is 28.6 Å². The monoisotopic (exact) mass is 533 g/mol. The molecule has 7 heteroatoms. The Kier molecular flexibility index (Phi) is 11.9. The van der Waals surface area contributed by atoms with E-state index in [2.05, 4.69) is 42.3 Å². The first-order valence-corrected chi connectivity index (χ1v) is 12.9. The van der Waals surface area contributed by atoms with Crippen molar-refractivity contribution in [2.45, 2.75) is 46.5 Å². The van der Waals surface area contributed by atoms with Crippen LogP contribution in [0.1, 0.15) is 61.6 Å². The molecule has 0 spiro atoms. The molecule has 0 radical (unpaired) electrons. The normalized spacial score (nSPS) is 11.4. The van der Waals surface area contributed by atoms with E-state index in [0.29, 0.717) is 24.4 Å². The summed E-state index contributed by atoms with van der Waals surface area (Å²) in [6.07, 6.45) is 4.40. The van der Waals surface area contributed by atoms with E-state index in [9.17, 15) is 18.4 Å². The molecule has 0 amide bonds. The van der Waals surface area contributed by atoms with Gasteiger partial charge in [-0.3, -0.25) is 9.59 Å². The highest BCUT2D eigenvalue weighted by atomic mass is 19.1. The number of Topliss-reactive ketones (excluding diaryl/α,β-unsaturated/α-hetero) is 2. The first-order chi connectivity index (χ1) is 18.5. The molecule has 0 aliphatic heterocycles. The highest BCUT2D eigenvalue weighted by Crippen LogP contribution is 2.29. The minimum atomic E-state index is -0.715. The van der Waals surface area contributed by atoms with E-state index in [1.807, 2.05) is 6.08 Å². The summed E-state index contributed by atoms with van der Waals surface area (Å²) in [5.74, 6) is -1.11. The van der Waals surface area contributed by atoms with Gasteiger partial charge in [0.05, 0.1) is 17.3 Å². The molecule has 1 atom stereocenters. The zero-order valence-corrected chi connectivity index (χ0v) is 23.3. The van der Waals surface area contributed by atoms with Gasteiger partial charge in [0, 0.05) is 29.7 Å². The molecule has 0 bridgehead atoms. The van der Waals surface area contributed by atoms with Gasteiger partial charge in [0.2, 0.25) is 5.95 Å². The summed E-state index contributed by atoms with van der Waals surface area (Å²) < 4.78 is 25.9. The lowest BCUT2D eigenvalue weighted by Gasteiger charge is -2.16. The molecule has 0 saturated heterocycles. The van der Waals surface area contributed by atoms with Gasteiger partial charge >= 0.3 is 0 Å². The van der Waals surface area contributed by atoms with Crippen LogP contribution in [0.25, 0.3) is 11.3 Å². The summed E-state index contributed by atoms with van der Waals surface area (Å²) in [6.45, 7) is 15.1. The number of aromatic nitrogens is 2. The third-order valence-corrected chi connectivity index (χ3v) is 6.04. The molecule has 2 aromatic carbocycles. The maximum absolute atomic E-state index is 13.1. The summed E-state index contributed by atoms with van der Waals surface area (Å²) in [7, 11) is 1.79. The molecule has 0 aliphatic rings. The fourth-order valence-electron chi connectivity index (χ4n) is 4.02. The third-order valence-electron chi connectivity index (χ3n) is 6.04. The SMILES string of the molecule is C=CCC(C(=O)c1ccc(F)cc1)C(=O)C(C)C.C=CCc1c(-c2ccc(F)cc2)nc(NC)nc1C(C)C. The predicted molar refractivity (Wildman–Crippen MR) is 154 cm³/mol. The Morgan fingerprint density at radius 1 is 0.897 bits per heavy atom. The lowest BCUT2D eigenvalue weighted by Crippen LogP contribution is -2.27. The van der Waals surface area contributed by atoms with Crippen molar-refractivity contribution in [3.8, 4) is 11.3 Å². The minimum absolute atomic E-state index is 0.107. The van der Waals surface area contributed by atoms with Gasteiger partial charge in [-0.25, -0.2) is 18.7 Å². The van der Waals surface area contributed by atoms with E-state index in [1.54, 1.807) is 39.1 Å². The summed E-state index contributed by atoms with van der Waals surface area (Å²) >= 11 is 0. The first kappa shape index (κ1) is 31.2. The van der Waals surface area contributed by atoms with Gasteiger partial charge in [0.15, 0.2) is 5.78 Å². The molecule has 0 fully saturated rings.